The molecule has 7 heteroatoms. The molecule has 3 aromatic rings. The summed E-state index contributed by atoms with van der Waals surface area (Å²) in [5.41, 5.74) is 4.68. The van der Waals surface area contributed by atoms with Crippen LogP contribution in [0, 0.1) is 0 Å². The molecule has 0 spiro atoms. The van der Waals surface area contributed by atoms with Gasteiger partial charge in [-0.05, 0) is 48.6 Å². The van der Waals surface area contributed by atoms with E-state index in [-0.39, 0.29) is 11.9 Å². The maximum Gasteiger partial charge on any atom is 0.348 e. The van der Waals surface area contributed by atoms with Crippen molar-refractivity contribution in [2.75, 3.05) is 13.7 Å². The molecule has 1 atom stereocenters. The van der Waals surface area contributed by atoms with Gasteiger partial charge in [0.2, 0.25) is 0 Å². The van der Waals surface area contributed by atoms with E-state index in [9.17, 15) is 10.0 Å². The summed E-state index contributed by atoms with van der Waals surface area (Å²) in [6.07, 6.45) is 1.48. The summed E-state index contributed by atoms with van der Waals surface area (Å²) in [4.78, 5) is 13.3. The Morgan fingerprint density at radius 1 is 1.19 bits per heavy atom. The SMILES string of the molecule is CCOC(=O)c1sc(SCc2ccccc2)c2c1CCC(c1ccc(OC)cc1)/C2=N\O. The molecular formula is C25H25NO4S2. The zero-order valence-electron chi connectivity index (χ0n) is 18.0. The Morgan fingerprint density at radius 2 is 1.94 bits per heavy atom. The normalized spacial score (nSPS) is 16.6. The number of benzene rings is 2. The molecule has 2 aromatic carbocycles. The highest BCUT2D eigenvalue weighted by molar-refractivity contribution is 8.00. The average molecular weight is 468 g/mol. The smallest absolute Gasteiger partial charge is 0.348 e. The Labute approximate surface area is 196 Å². The van der Waals surface area contributed by atoms with E-state index in [1.54, 1.807) is 18.9 Å². The first-order chi connectivity index (χ1) is 15.7. The average Bonchev–Trinajstić information content (AvgIpc) is 3.22. The highest BCUT2D eigenvalue weighted by Gasteiger charge is 2.35. The molecule has 0 aliphatic heterocycles. The van der Waals surface area contributed by atoms with Crippen molar-refractivity contribution in [1.29, 1.82) is 0 Å². The second kappa shape index (κ2) is 10.2. The van der Waals surface area contributed by atoms with Crippen molar-refractivity contribution in [3.8, 4) is 5.75 Å². The minimum Gasteiger partial charge on any atom is -0.497 e. The molecule has 0 radical (unpaired) electrons. The highest BCUT2D eigenvalue weighted by Crippen LogP contribution is 2.45. The molecule has 1 aromatic heterocycles. The number of hydrogen-bond donors (Lipinski definition) is 1. The lowest BCUT2D eigenvalue weighted by molar-refractivity contribution is 0.0531. The van der Waals surface area contributed by atoms with E-state index in [0.717, 1.165) is 45.2 Å². The molecule has 1 unspecified atom stereocenters. The monoisotopic (exact) mass is 467 g/mol. The number of oxime groups is 1. The number of ether oxygens (including phenoxy) is 2. The summed E-state index contributed by atoms with van der Waals surface area (Å²) < 4.78 is 11.6. The Kier molecular flexibility index (Phi) is 7.17. The van der Waals surface area contributed by atoms with Crippen molar-refractivity contribution in [3.05, 3.63) is 81.7 Å². The lowest BCUT2D eigenvalue weighted by Gasteiger charge is -2.25. The van der Waals surface area contributed by atoms with E-state index in [2.05, 4.69) is 17.3 Å². The van der Waals surface area contributed by atoms with Crippen LogP contribution in [0.15, 0.2) is 64.0 Å². The predicted molar refractivity (Wildman–Crippen MR) is 129 cm³/mol. The minimum atomic E-state index is -0.305. The van der Waals surface area contributed by atoms with Crippen LogP contribution in [0.1, 0.15) is 51.2 Å². The molecule has 0 fully saturated rings. The molecule has 1 aliphatic carbocycles. The maximum atomic E-state index is 12.7. The highest BCUT2D eigenvalue weighted by atomic mass is 32.2. The molecule has 0 bridgehead atoms. The molecule has 0 saturated carbocycles. The van der Waals surface area contributed by atoms with Crippen molar-refractivity contribution in [2.24, 2.45) is 5.16 Å². The van der Waals surface area contributed by atoms with Crippen LogP contribution in [0.4, 0.5) is 0 Å². The Bertz CT molecular complexity index is 1110. The van der Waals surface area contributed by atoms with Gasteiger partial charge < -0.3 is 14.7 Å². The molecule has 5 nitrogen and oxygen atoms in total. The van der Waals surface area contributed by atoms with Gasteiger partial charge in [-0.1, -0.05) is 47.6 Å². The topological polar surface area (TPSA) is 68.1 Å². The zero-order valence-corrected chi connectivity index (χ0v) is 19.7. The molecule has 4 rings (SSSR count). The van der Waals surface area contributed by atoms with Crippen LogP contribution in [0.2, 0.25) is 0 Å². The molecular weight excluding hydrogens is 442 g/mol. The summed E-state index contributed by atoms with van der Waals surface area (Å²) in [7, 11) is 1.64. The first kappa shape index (κ1) is 22.4. The minimum absolute atomic E-state index is 0.0564. The van der Waals surface area contributed by atoms with Gasteiger partial charge in [-0.3, -0.25) is 0 Å². The number of nitrogens with zero attached hydrogens (tertiary/aromatic N) is 1. The summed E-state index contributed by atoms with van der Waals surface area (Å²) in [6, 6.07) is 18.1. The van der Waals surface area contributed by atoms with Crippen LogP contribution in [-0.2, 0) is 16.9 Å². The van der Waals surface area contributed by atoms with Crippen LogP contribution in [0.25, 0.3) is 0 Å². The third kappa shape index (κ3) is 4.54. The van der Waals surface area contributed by atoms with Gasteiger partial charge in [0, 0.05) is 17.2 Å². The van der Waals surface area contributed by atoms with Crippen LogP contribution in [0.5, 0.6) is 5.75 Å². The summed E-state index contributed by atoms with van der Waals surface area (Å²) in [5, 5.41) is 13.8. The number of thiophene rings is 1. The quantitative estimate of drug-likeness (QED) is 0.196. The van der Waals surface area contributed by atoms with Crippen molar-refractivity contribution < 1.29 is 19.5 Å². The van der Waals surface area contributed by atoms with Crippen molar-refractivity contribution >= 4 is 34.8 Å². The van der Waals surface area contributed by atoms with Crippen LogP contribution >= 0.6 is 23.1 Å². The molecule has 32 heavy (non-hydrogen) atoms. The third-order valence-corrected chi connectivity index (χ3v) is 8.10. The van der Waals surface area contributed by atoms with Gasteiger partial charge in [-0.2, -0.15) is 0 Å². The third-order valence-electron chi connectivity index (χ3n) is 5.54. The first-order valence-corrected chi connectivity index (χ1v) is 12.3. The lowest BCUT2D eigenvalue weighted by Crippen LogP contribution is -2.22. The number of rotatable bonds is 7. The summed E-state index contributed by atoms with van der Waals surface area (Å²) >= 11 is 3.11. The standard InChI is InChI=1S/C25H25NO4S2/c1-3-30-24(27)23-20-14-13-19(17-9-11-18(29-2)12-10-17)22(26-28)21(20)25(32-23)31-15-16-7-5-4-6-8-16/h4-12,19,28H,3,13-15H2,1-2H3/b26-22+. The van der Waals surface area contributed by atoms with Crippen molar-refractivity contribution in [1.82, 2.24) is 0 Å². The van der Waals surface area contributed by atoms with E-state index in [1.807, 2.05) is 49.4 Å². The maximum absolute atomic E-state index is 12.7. The molecule has 166 valence electrons. The second-order valence-corrected chi connectivity index (χ2v) is 9.68. The van der Waals surface area contributed by atoms with Crippen LogP contribution in [-0.4, -0.2) is 30.6 Å². The Hall–Kier alpha value is -2.77. The van der Waals surface area contributed by atoms with Gasteiger partial charge in [0.05, 0.1) is 23.6 Å². The van der Waals surface area contributed by atoms with Gasteiger partial charge in [0.25, 0.3) is 0 Å². The number of carbonyl (C=O) groups is 1. The number of fused-ring (bicyclic) bond motifs is 1. The molecule has 0 saturated heterocycles. The summed E-state index contributed by atoms with van der Waals surface area (Å²) in [6.45, 7) is 2.14. The lowest BCUT2D eigenvalue weighted by atomic mass is 9.79. The Balaban J connectivity index is 1.72. The second-order valence-electron chi connectivity index (χ2n) is 7.42. The fourth-order valence-corrected chi connectivity index (χ4v) is 6.52. The van der Waals surface area contributed by atoms with Crippen LogP contribution < -0.4 is 4.74 Å². The molecule has 1 heterocycles. The molecule has 1 aliphatic rings. The van der Waals surface area contributed by atoms with Gasteiger partial charge in [0.15, 0.2) is 0 Å². The number of esters is 1. The van der Waals surface area contributed by atoms with E-state index in [1.165, 1.54) is 16.9 Å². The Morgan fingerprint density at radius 3 is 2.59 bits per heavy atom. The number of hydrogen-bond acceptors (Lipinski definition) is 7. The van der Waals surface area contributed by atoms with Gasteiger partial charge >= 0.3 is 5.97 Å². The van der Waals surface area contributed by atoms with Gasteiger partial charge in [-0.25, -0.2) is 4.79 Å². The summed E-state index contributed by atoms with van der Waals surface area (Å²) in [5.74, 6) is 1.19. The van der Waals surface area contributed by atoms with Crippen molar-refractivity contribution in [3.63, 3.8) is 0 Å². The molecule has 0 amide bonds. The van der Waals surface area contributed by atoms with E-state index in [4.69, 9.17) is 9.47 Å². The van der Waals surface area contributed by atoms with E-state index < -0.39 is 0 Å². The predicted octanol–water partition coefficient (Wildman–Crippen LogP) is 6.13. The largest absolute Gasteiger partial charge is 0.497 e. The van der Waals surface area contributed by atoms with E-state index in [0.29, 0.717) is 17.2 Å². The molecule has 1 N–H and O–H groups in total. The van der Waals surface area contributed by atoms with Gasteiger partial charge in [-0.15, -0.1) is 23.1 Å². The van der Waals surface area contributed by atoms with E-state index >= 15 is 0 Å². The first-order valence-electron chi connectivity index (χ1n) is 10.5. The number of methoxy groups -OCH3 is 1. The van der Waals surface area contributed by atoms with Gasteiger partial charge in [0.1, 0.15) is 10.6 Å². The zero-order chi connectivity index (χ0) is 22.5. The van der Waals surface area contributed by atoms with Crippen LogP contribution in [0.3, 0.4) is 0 Å². The fourth-order valence-electron chi connectivity index (χ4n) is 4.01. The number of carbonyl (C=O) groups excluding carboxylic acids is 1. The fraction of sp³-hybridized carbons (Fsp3) is 0.280. The van der Waals surface area contributed by atoms with Crippen molar-refractivity contribution in [2.45, 2.75) is 35.6 Å². The number of thioether (sulfide) groups is 1.